The molecule has 2 aliphatic heterocycles. The molecule has 2 aliphatic rings. The van der Waals surface area contributed by atoms with Crippen LogP contribution in [-0.2, 0) is 0 Å². The van der Waals surface area contributed by atoms with E-state index < -0.39 is 12.1 Å². The smallest absolute Gasteiger partial charge is 0.316 e. The zero-order valence-corrected chi connectivity index (χ0v) is 8.69. The van der Waals surface area contributed by atoms with Crippen LogP contribution in [0, 0.1) is 11.8 Å². The minimum absolute atomic E-state index is 0.281. The molecule has 2 saturated heterocycles. The van der Waals surface area contributed by atoms with Crippen molar-refractivity contribution in [1.82, 2.24) is 10.2 Å². The fraction of sp³-hybridized carbons (Fsp3) is 1.00. The number of hydrogen-bond acceptors (Lipinski definition) is 2. The number of hydrogen-bond donors (Lipinski definition) is 1. The van der Waals surface area contributed by atoms with Crippen LogP contribution in [0.4, 0.5) is 13.2 Å². The van der Waals surface area contributed by atoms with Gasteiger partial charge in [-0.05, 0) is 31.8 Å². The molecule has 2 fully saturated rings. The van der Waals surface area contributed by atoms with Gasteiger partial charge in [0.15, 0.2) is 0 Å². The number of halogens is 3. The van der Waals surface area contributed by atoms with Crippen molar-refractivity contribution in [2.75, 3.05) is 32.7 Å². The number of nitrogens with one attached hydrogen (secondary N) is 1. The van der Waals surface area contributed by atoms with Crippen molar-refractivity contribution >= 4 is 0 Å². The topological polar surface area (TPSA) is 15.3 Å². The van der Waals surface area contributed by atoms with Crippen molar-refractivity contribution in [2.45, 2.75) is 19.0 Å². The molecule has 5 heteroatoms. The Morgan fingerprint density at radius 1 is 1.13 bits per heavy atom. The van der Waals surface area contributed by atoms with Crippen LogP contribution in [-0.4, -0.2) is 43.8 Å². The van der Waals surface area contributed by atoms with Gasteiger partial charge in [-0.1, -0.05) is 0 Å². The first-order valence-electron chi connectivity index (χ1n) is 5.55. The maximum Gasteiger partial charge on any atom is 0.391 e. The van der Waals surface area contributed by atoms with Gasteiger partial charge >= 0.3 is 6.18 Å². The maximum atomic E-state index is 12.4. The predicted octanol–water partition coefficient (Wildman–Crippen LogP) is 1.48. The average Bonchev–Trinajstić information content (AvgIpc) is 2.11. The number of rotatable bonds is 2. The van der Waals surface area contributed by atoms with E-state index in [-0.39, 0.29) is 12.8 Å². The molecule has 0 amide bonds. The van der Waals surface area contributed by atoms with Gasteiger partial charge in [0.1, 0.15) is 0 Å². The normalized spacial score (nSPS) is 26.6. The zero-order chi connectivity index (χ0) is 10.9. The van der Waals surface area contributed by atoms with Gasteiger partial charge in [0.25, 0.3) is 0 Å². The third-order valence-electron chi connectivity index (χ3n) is 3.43. The lowest BCUT2D eigenvalue weighted by molar-refractivity contribution is -0.185. The monoisotopic (exact) mass is 222 g/mol. The zero-order valence-electron chi connectivity index (χ0n) is 8.69. The van der Waals surface area contributed by atoms with E-state index >= 15 is 0 Å². The second-order valence-corrected chi connectivity index (χ2v) is 4.64. The van der Waals surface area contributed by atoms with Gasteiger partial charge in [0.05, 0.1) is 5.92 Å². The van der Waals surface area contributed by atoms with E-state index in [2.05, 4.69) is 10.2 Å². The Morgan fingerprint density at radius 3 is 2.13 bits per heavy atom. The van der Waals surface area contributed by atoms with Gasteiger partial charge in [-0.25, -0.2) is 0 Å². The van der Waals surface area contributed by atoms with E-state index in [1.807, 2.05) is 0 Å². The Labute approximate surface area is 87.8 Å². The first-order valence-corrected chi connectivity index (χ1v) is 5.55. The summed E-state index contributed by atoms with van der Waals surface area (Å²) >= 11 is 0. The molecule has 0 aromatic rings. The fourth-order valence-electron chi connectivity index (χ4n) is 2.29. The quantitative estimate of drug-likeness (QED) is 0.761. The highest BCUT2D eigenvalue weighted by Crippen LogP contribution is 2.34. The summed E-state index contributed by atoms with van der Waals surface area (Å²) in [6, 6.07) is 0. The van der Waals surface area contributed by atoms with Crippen molar-refractivity contribution in [1.29, 1.82) is 0 Å². The molecule has 2 rings (SSSR count). The summed E-state index contributed by atoms with van der Waals surface area (Å²) in [4.78, 5) is 2.17. The predicted molar refractivity (Wildman–Crippen MR) is 51.6 cm³/mol. The molecule has 88 valence electrons. The van der Waals surface area contributed by atoms with Crippen LogP contribution in [0.15, 0.2) is 0 Å². The van der Waals surface area contributed by atoms with Crippen LogP contribution in [0.25, 0.3) is 0 Å². The highest BCUT2D eigenvalue weighted by atomic mass is 19.4. The van der Waals surface area contributed by atoms with Crippen LogP contribution in [0.1, 0.15) is 12.8 Å². The highest BCUT2D eigenvalue weighted by molar-refractivity contribution is 4.82. The standard InChI is InChI=1S/C10H17F3N2/c11-10(12,13)9-1-3-15(4-2-9)7-8-5-14-6-8/h8-9,14H,1-7H2. The van der Waals surface area contributed by atoms with Gasteiger partial charge in [-0.3, -0.25) is 0 Å². The molecule has 0 saturated carbocycles. The molecule has 0 bridgehead atoms. The Balaban J connectivity index is 1.71. The molecule has 15 heavy (non-hydrogen) atoms. The third-order valence-corrected chi connectivity index (χ3v) is 3.43. The van der Waals surface area contributed by atoms with Crippen molar-refractivity contribution in [3.63, 3.8) is 0 Å². The van der Waals surface area contributed by atoms with E-state index in [4.69, 9.17) is 0 Å². The average molecular weight is 222 g/mol. The number of likely N-dealkylation sites (tertiary alicyclic amines) is 1. The second kappa shape index (κ2) is 4.29. The Hall–Kier alpha value is -0.290. The van der Waals surface area contributed by atoms with Crippen LogP contribution < -0.4 is 5.32 Å². The van der Waals surface area contributed by atoms with E-state index in [1.165, 1.54) is 0 Å². The largest absolute Gasteiger partial charge is 0.391 e. The van der Waals surface area contributed by atoms with Gasteiger partial charge in [-0.15, -0.1) is 0 Å². The maximum absolute atomic E-state index is 12.4. The summed E-state index contributed by atoms with van der Waals surface area (Å²) in [5, 5.41) is 3.18. The molecule has 0 unspecified atom stereocenters. The molecule has 2 nitrogen and oxygen atoms in total. The lowest BCUT2D eigenvalue weighted by Crippen LogP contribution is -2.50. The molecule has 2 heterocycles. The van der Waals surface area contributed by atoms with E-state index in [0.29, 0.717) is 19.0 Å². The Kier molecular flexibility index (Phi) is 3.21. The summed E-state index contributed by atoms with van der Waals surface area (Å²) in [5.74, 6) is -0.402. The fourth-order valence-corrected chi connectivity index (χ4v) is 2.29. The molecule has 0 radical (unpaired) electrons. The molecule has 0 aromatic heterocycles. The lowest BCUT2D eigenvalue weighted by Gasteiger charge is -2.37. The minimum atomic E-state index is -3.98. The second-order valence-electron chi connectivity index (χ2n) is 4.64. The van der Waals surface area contributed by atoms with Crippen molar-refractivity contribution < 1.29 is 13.2 Å². The molecule has 0 spiro atoms. The molecular formula is C10H17F3N2. The lowest BCUT2D eigenvalue weighted by atomic mass is 9.94. The Morgan fingerprint density at radius 2 is 1.73 bits per heavy atom. The van der Waals surface area contributed by atoms with Crippen LogP contribution in [0.2, 0.25) is 0 Å². The SMILES string of the molecule is FC(F)(F)C1CCN(CC2CNC2)CC1. The van der Waals surface area contributed by atoms with E-state index in [9.17, 15) is 13.2 Å². The highest BCUT2D eigenvalue weighted by Gasteiger charge is 2.41. The third kappa shape index (κ3) is 2.84. The van der Waals surface area contributed by atoms with Gasteiger partial charge in [-0.2, -0.15) is 13.2 Å². The summed E-state index contributed by atoms with van der Waals surface area (Å²) in [5.41, 5.74) is 0. The first-order chi connectivity index (χ1) is 7.05. The molecule has 0 aliphatic carbocycles. The summed E-state index contributed by atoms with van der Waals surface area (Å²) in [6.07, 6.45) is -3.42. The van der Waals surface area contributed by atoms with Crippen LogP contribution in [0.5, 0.6) is 0 Å². The first kappa shape index (κ1) is 11.2. The molecule has 1 N–H and O–H groups in total. The van der Waals surface area contributed by atoms with Crippen LogP contribution >= 0.6 is 0 Å². The van der Waals surface area contributed by atoms with Crippen molar-refractivity contribution in [2.24, 2.45) is 11.8 Å². The minimum Gasteiger partial charge on any atom is -0.316 e. The summed E-state index contributed by atoms with van der Waals surface area (Å²) in [7, 11) is 0. The van der Waals surface area contributed by atoms with Crippen molar-refractivity contribution in [3.05, 3.63) is 0 Å². The van der Waals surface area contributed by atoms with Crippen LogP contribution in [0.3, 0.4) is 0 Å². The molecular weight excluding hydrogens is 205 g/mol. The van der Waals surface area contributed by atoms with Gasteiger partial charge in [0.2, 0.25) is 0 Å². The Bertz CT molecular complexity index is 205. The molecule has 0 aromatic carbocycles. The van der Waals surface area contributed by atoms with Gasteiger partial charge in [0, 0.05) is 19.6 Å². The van der Waals surface area contributed by atoms with E-state index in [0.717, 1.165) is 19.6 Å². The molecule has 0 atom stereocenters. The van der Waals surface area contributed by atoms with Crippen molar-refractivity contribution in [3.8, 4) is 0 Å². The number of alkyl halides is 3. The number of nitrogens with zero attached hydrogens (tertiary/aromatic N) is 1. The summed E-state index contributed by atoms with van der Waals surface area (Å²) < 4.78 is 37.1. The van der Waals surface area contributed by atoms with Gasteiger partial charge < -0.3 is 10.2 Å². The summed E-state index contributed by atoms with van der Waals surface area (Å²) in [6.45, 7) is 4.25. The number of piperidine rings is 1. The van der Waals surface area contributed by atoms with E-state index in [1.54, 1.807) is 0 Å².